The topological polar surface area (TPSA) is 88.9 Å². The number of aromatic nitrogens is 1. The molecular formula is C8H10BNO5. The van der Waals surface area contributed by atoms with Crippen molar-refractivity contribution >= 4 is 18.6 Å². The third-order valence-corrected chi connectivity index (χ3v) is 1.73. The van der Waals surface area contributed by atoms with E-state index in [-0.39, 0.29) is 17.0 Å². The SMILES string of the molecule is COC(=O)c1cc(B(O)O)cc(OC)n1. The van der Waals surface area contributed by atoms with Crippen LogP contribution in [-0.2, 0) is 4.74 Å². The van der Waals surface area contributed by atoms with Gasteiger partial charge in [-0.2, -0.15) is 0 Å². The van der Waals surface area contributed by atoms with Gasteiger partial charge in [0.1, 0.15) is 0 Å². The van der Waals surface area contributed by atoms with Crippen LogP contribution in [0.2, 0.25) is 0 Å². The lowest BCUT2D eigenvalue weighted by atomic mass is 9.80. The molecule has 1 heterocycles. The standard InChI is InChI=1S/C8H10BNO5/c1-14-7-4-5(9(12)13)3-6(10-7)8(11)15-2/h3-4,12-13H,1-2H3. The molecule has 80 valence electrons. The molecule has 0 radical (unpaired) electrons. The summed E-state index contributed by atoms with van der Waals surface area (Å²) in [4.78, 5) is 14.9. The fourth-order valence-corrected chi connectivity index (χ4v) is 0.988. The molecule has 0 aliphatic heterocycles. The van der Waals surface area contributed by atoms with E-state index in [1.807, 2.05) is 0 Å². The van der Waals surface area contributed by atoms with E-state index >= 15 is 0 Å². The first-order valence-electron chi connectivity index (χ1n) is 4.09. The highest BCUT2D eigenvalue weighted by Gasteiger charge is 2.17. The van der Waals surface area contributed by atoms with Crippen LogP contribution < -0.4 is 10.2 Å². The van der Waals surface area contributed by atoms with Crippen LogP contribution in [0.3, 0.4) is 0 Å². The lowest BCUT2D eigenvalue weighted by Gasteiger charge is -2.05. The van der Waals surface area contributed by atoms with Crippen LogP contribution in [0, 0.1) is 0 Å². The van der Waals surface area contributed by atoms with Gasteiger partial charge >= 0.3 is 13.1 Å². The van der Waals surface area contributed by atoms with Crippen molar-refractivity contribution in [3.8, 4) is 5.88 Å². The van der Waals surface area contributed by atoms with Gasteiger partial charge in [0.05, 0.1) is 14.2 Å². The maximum atomic E-state index is 11.2. The van der Waals surface area contributed by atoms with E-state index in [9.17, 15) is 4.79 Å². The molecule has 2 N–H and O–H groups in total. The first-order valence-corrected chi connectivity index (χ1v) is 4.09. The van der Waals surface area contributed by atoms with Crippen LogP contribution in [0.25, 0.3) is 0 Å². The van der Waals surface area contributed by atoms with Crippen molar-refractivity contribution in [2.24, 2.45) is 0 Å². The predicted molar refractivity (Wildman–Crippen MR) is 52.0 cm³/mol. The molecule has 6 nitrogen and oxygen atoms in total. The highest BCUT2D eigenvalue weighted by atomic mass is 16.5. The van der Waals surface area contributed by atoms with E-state index in [1.54, 1.807) is 0 Å². The van der Waals surface area contributed by atoms with Gasteiger partial charge in [-0.05, 0) is 11.5 Å². The molecule has 0 aliphatic rings. The number of pyridine rings is 1. The molecule has 0 atom stereocenters. The Morgan fingerprint density at radius 1 is 1.40 bits per heavy atom. The molecule has 0 saturated heterocycles. The summed E-state index contributed by atoms with van der Waals surface area (Å²) < 4.78 is 9.25. The molecule has 0 aliphatic carbocycles. The highest BCUT2D eigenvalue weighted by molar-refractivity contribution is 6.58. The summed E-state index contributed by atoms with van der Waals surface area (Å²) in [6.45, 7) is 0. The van der Waals surface area contributed by atoms with Gasteiger partial charge in [-0.25, -0.2) is 9.78 Å². The van der Waals surface area contributed by atoms with Crippen molar-refractivity contribution in [3.63, 3.8) is 0 Å². The Morgan fingerprint density at radius 3 is 2.53 bits per heavy atom. The summed E-state index contributed by atoms with van der Waals surface area (Å²) in [5.41, 5.74) is 0.0715. The smallest absolute Gasteiger partial charge is 0.481 e. The summed E-state index contributed by atoms with van der Waals surface area (Å²) in [5.74, 6) is -0.559. The molecule has 15 heavy (non-hydrogen) atoms. The van der Waals surface area contributed by atoms with Crippen molar-refractivity contribution in [2.75, 3.05) is 14.2 Å². The Morgan fingerprint density at radius 2 is 2.07 bits per heavy atom. The molecule has 1 rings (SSSR count). The summed E-state index contributed by atoms with van der Waals surface area (Å²) in [5, 5.41) is 17.9. The molecule has 1 aromatic heterocycles. The van der Waals surface area contributed by atoms with Crippen molar-refractivity contribution in [2.45, 2.75) is 0 Å². The van der Waals surface area contributed by atoms with Gasteiger partial charge in [-0.1, -0.05) is 0 Å². The van der Waals surface area contributed by atoms with Gasteiger partial charge in [0.25, 0.3) is 0 Å². The predicted octanol–water partition coefficient (Wildman–Crippen LogP) is -1.44. The number of rotatable bonds is 3. The average Bonchev–Trinajstić information content (AvgIpc) is 2.27. The van der Waals surface area contributed by atoms with Crippen LogP contribution in [0.5, 0.6) is 5.88 Å². The van der Waals surface area contributed by atoms with Crippen LogP contribution in [-0.4, -0.2) is 42.3 Å². The Labute approximate surface area is 86.6 Å². The van der Waals surface area contributed by atoms with E-state index < -0.39 is 13.1 Å². The van der Waals surface area contributed by atoms with E-state index in [1.165, 1.54) is 26.4 Å². The number of nitrogens with zero attached hydrogens (tertiary/aromatic N) is 1. The zero-order valence-electron chi connectivity index (χ0n) is 8.30. The van der Waals surface area contributed by atoms with Gasteiger partial charge in [0, 0.05) is 6.07 Å². The normalized spacial score (nSPS) is 9.60. The second-order valence-electron chi connectivity index (χ2n) is 2.69. The largest absolute Gasteiger partial charge is 0.488 e. The lowest BCUT2D eigenvalue weighted by molar-refractivity contribution is 0.0593. The number of esters is 1. The minimum atomic E-state index is -1.69. The third kappa shape index (κ3) is 2.68. The van der Waals surface area contributed by atoms with Gasteiger partial charge < -0.3 is 19.5 Å². The fourth-order valence-electron chi connectivity index (χ4n) is 0.988. The molecule has 0 amide bonds. The summed E-state index contributed by atoms with van der Waals surface area (Å²) in [6.07, 6.45) is 0. The lowest BCUT2D eigenvalue weighted by Crippen LogP contribution is -2.31. The summed E-state index contributed by atoms with van der Waals surface area (Å²) in [6, 6.07) is 2.54. The number of ether oxygens (including phenoxy) is 2. The third-order valence-electron chi connectivity index (χ3n) is 1.73. The van der Waals surface area contributed by atoms with Gasteiger partial charge in [-0.15, -0.1) is 0 Å². The second kappa shape index (κ2) is 4.76. The quantitative estimate of drug-likeness (QED) is 0.470. The summed E-state index contributed by atoms with van der Waals surface area (Å²) in [7, 11) is 0.875. The van der Waals surface area contributed by atoms with E-state index in [0.29, 0.717) is 0 Å². The van der Waals surface area contributed by atoms with E-state index in [4.69, 9.17) is 14.8 Å². The maximum absolute atomic E-state index is 11.2. The highest BCUT2D eigenvalue weighted by Crippen LogP contribution is 2.06. The van der Waals surface area contributed by atoms with Gasteiger partial charge in [0.15, 0.2) is 5.69 Å². The van der Waals surface area contributed by atoms with Crippen LogP contribution in [0.1, 0.15) is 10.5 Å². The first kappa shape index (κ1) is 11.5. The maximum Gasteiger partial charge on any atom is 0.488 e. The molecule has 7 heteroatoms. The van der Waals surface area contributed by atoms with Gasteiger partial charge in [-0.3, -0.25) is 0 Å². The molecule has 0 bridgehead atoms. The molecule has 0 saturated carbocycles. The monoisotopic (exact) mass is 211 g/mol. The molecule has 0 fully saturated rings. The molecule has 1 aromatic rings. The second-order valence-corrected chi connectivity index (χ2v) is 2.69. The van der Waals surface area contributed by atoms with Crippen LogP contribution in [0.4, 0.5) is 0 Å². The average molecular weight is 211 g/mol. The number of methoxy groups -OCH3 is 2. The molecular weight excluding hydrogens is 201 g/mol. The van der Waals surface area contributed by atoms with Crippen molar-refractivity contribution in [3.05, 3.63) is 17.8 Å². The number of carbonyl (C=O) groups excluding carboxylic acids is 1. The Bertz CT molecular complexity index is 368. The van der Waals surface area contributed by atoms with Crippen LogP contribution in [0.15, 0.2) is 12.1 Å². The van der Waals surface area contributed by atoms with Crippen LogP contribution >= 0.6 is 0 Å². The minimum absolute atomic E-state index is 0.0417. The minimum Gasteiger partial charge on any atom is -0.481 e. The number of carbonyl (C=O) groups is 1. The van der Waals surface area contributed by atoms with E-state index in [2.05, 4.69) is 9.72 Å². The Balaban J connectivity index is 3.17. The molecule has 0 unspecified atom stereocenters. The Kier molecular flexibility index (Phi) is 3.65. The summed E-state index contributed by atoms with van der Waals surface area (Å²) >= 11 is 0. The van der Waals surface area contributed by atoms with Gasteiger partial charge in [0.2, 0.25) is 5.88 Å². The van der Waals surface area contributed by atoms with Crippen molar-refractivity contribution in [1.82, 2.24) is 4.98 Å². The zero-order chi connectivity index (χ0) is 11.4. The van der Waals surface area contributed by atoms with Crippen molar-refractivity contribution in [1.29, 1.82) is 0 Å². The number of hydrogen-bond donors (Lipinski definition) is 2. The zero-order valence-corrected chi connectivity index (χ0v) is 8.30. The van der Waals surface area contributed by atoms with E-state index in [0.717, 1.165) is 0 Å². The molecule has 0 aromatic carbocycles. The fraction of sp³-hybridized carbons (Fsp3) is 0.250. The number of hydrogen-bond acceptors (Lipinski definition) is 6. The first-order chi connectivity index (χ1) is 7.08. The molecule has 0 spiro atoms. The van der Waals surface area contributed by atoms with Crippen molar-refractivity contribution < 1.29 is 24.3 Å². The Hall–Kier alpha value is -1.60.